The maximum atomic E-state index is 15.4. The van der Waals surface area contributed by atoms with Crippen molar-refractivity contribution in [3.8, 4) is 0 Å². The molecule has 2 aliphatic carbocycles. The first kappa shape index (κ1) is 21.6. The van der Waals surface area contributed by atoms with Crippen LogP contribution in [0.1, 0.15) is 11.1 Å². The first-order valence-corrected chi connectivity index (χ1v) is 11.5. The van der Waals surface area contributed by atoms with Gasteiger partial charge in [-0.15, -0.1) is 0 Å². The predicted molar refractivity (Wildman–Crippen MR) is 113 cm³/mol. The van der Waals surface area contributed by atoms with Gasteiger partial charge in [-0.1, -0.05) is 59.9 Å². The van der Waals surface area contributed by atoms with E-state index in [-0.39, 0.29) is 11.1 Å². The summed E-state index contributed by atoms with van der Waals surface area (Å²) in [5, 5.41) is 0. The largest absolute Gasteiger partial charge is 0.380 e. The van der Waals surface area contributed by atoms with Gasteiger partial charge in [0.25, 0.3) is 0 Å². The fourth-order valence-corrected chi connectivity index (χ4v) is 8.46. The number of methoxy groups -OCH3 is 2. The minimum absolute atomic E-state index is 0.150. The lowest BCUT2D eigenvalue weighted by molar-refractivity contribution is -0.257. The highest BCUT2D eigenvalue weighted by atomic mass is 32.2. The number of fused-ring (bicyclic) bond motifs is 8. The van der Waals surface area contributed by atoms with Crippen molar-refractivity contribution < 1.29 is 35.8 Å². The molecule has 10 heteroatoms. The van der Waals surface area contributed by atoms with Gasteiger partial charge in [0.2, 0.25) is 0 Å². The molecule has 1 fully saturated rings. The Hall–Kier alpha value is -1.88. The van der Waals surface area contributed by atoms with Crippen LogP contribution >= 0.6 is 23.5 Å². The number of halogens is 6. The number of hydrogen-bond acceptors (Lipinski definition) is 4. The third kappa shape index (κ3) is 2.08. The molecular formula is C23H14F6O2S2. The Bertz CT molecular complexity index is 1210. The molecule has 0 aromatic heterocycles. The molecule has 2 heterocycles. The van der Waals surface area contributed by atoms with Crippen LogP contribution in [-0.4, -0.2) is 41.9 Å². The normalized spacial score (nSPS) is 31.8. The molecule has 2 aromatic rings. The molecule has 172 valence electrons. The number of alkyl halides is 6. The van der Waals surface area contributed by atoms with Gasteiger partial charge >= 0.3 is 17.8 Å². The van der Waals surface area contributed by atoms with Crippen LogP contribution in [0, 0.1) is 0 Å². The van der Waals surface area contributed by atoms with E-state index >= 15 is 17.6 Å². The third-order valence-corrected chi connectivity index (χ3v) is 9.83. The van der Waals surface area contributed by atoms with E-state index in [9.17, 15) is 8.78 Å². The van der Waals surface area contributed by atoms with E-state index in [0.29, 0.717) is 9.79 Å². The summed E-state index contributed by atoms with van der Waals surface area (Å²) < 4.78 is 103. The number of benzene rings is 2. The Morgan fingerprint density at radius 2 is 0.939 bits per heavy atom. The van der Waals surface area contributed by atoms with Crippen molar-refractivity contribution in [3.05, 3.63) is 70.8 Å². The van der Waals surface area contributed by atoms with E-state index in [2.05, 4.69) is 0 Å². The van der Waals surface area contributed by atoms with Gasteiger partial charge in [0, 0.05) is 46.3 Å². The van der Waals surface area contributed by atoms with Crippen molar-refractivity contribution in [2.24, 2.45) is 0 Å². The Kier molecular flexibility index (Phi) is 4.07. The van der Waals surface area contributed by atoms with E-state index in [1.807, 2.05) is 0 Å². The molecule has 4 aliphatic rings. The lowest BCUT2D eigenvalue weighted by Crippen LogP contribution is -2.54. The molecule has 0 spiro atoms. The molecule has 0 amide bonds. The Balaban J connectivity index is 1.88. The van der Waals surface area contributed by atoms with Crippen molar-refractivity contribution in [1.82, 2.24) is 0 Å². The summed E-state index contributed by atoms with van der Waals surface area (Å²) in [6.07, 6.45) is 0. The van der Waals surface area contributed by atoms with Gasteiger partial charge in [-0.3, -0.25) is 0 Å². The van der Waals surface area contributed by atoms with Crippen LogP contribution in [0.4, 0.5) is 26.3 Å². The second-order valence-corrected chi connectivity index (χ2v) is 10.5. The summed E-state index contributed by atoms with van der Waals surface area (Å²) in [5.41, 5.74) is -3.25. The maximum absolute atomic E-state index is 15.4. The van der Waals surface area contributed by atoms with Crippen LogP contribution in [0.5, 0.6) is 0 Å². The fraction of sp³-hybridized carbons (Fsp3) is 0.304. The van der Waals surface area contributed by atoms with Gasteiger partial charge < -0.3 is 9.47 Å². The lowest BCUT2D eigenvalue weighted by Gasteiger charge is -2.48. The van der Waals surface area contributed by atoms with Crippen LogP contribution in [-0.2, 0) is 9.47 Å². The zero-order chi connectivity index (χ0) is 23.6. The predicted octanol–water partition coefficient (Wildman–Crippen LogP) is 6.72. The van der Waals surface area contributed by atoms with Crippen molar-refractivity contribution in [2.45, 2.75) is 37.4 Å². The average Bonchev–Trinajstić information content (AvgIpc) is 3.34. The molecule has 0 N–H and O–H groups in total. The monoisotopic (exact) mass is 500 g/mol. The standard InChI is InChI=1S/C23H14F6O2S2/c1-30-21-15(11-7-3-5-9-13(11)32-21)17-18(20(26,27)23(28,29)19(17,24)25)16-12-8-4-6-10-14(12)33-22(16,21)31-2/h3-10H,1-2H3. The highest BCUT2D eigenvalue weighted by Crippen LogP contribution is 2.78. The minimum Gasteiger partial charge on any atom is -0.358 e. The van der Waals surface area contributed by atoms with E-state index in [1.165, 1.54) is 38.5 Å². The molecule has 6 rings (SSSR count). The molecular weight excluding hydrogens is 486 g/mol. The van der Waals surface area contributed by atoms with Gasteiger partial charge in [-0.2, -0.15) is 26.3 Å². The molecule has 1 saturated carbocycles. The van der Waals surface area contributed by atoms with Crippen molar-refractivity contribution >= 4 is 34.7 Å². The number of allylic oxidation sites excluding steroid dienone is 2. The topological polar surface area (TPSA) is 18.5 Å². The number of thioether (sulfide) groups is 2. The fourth-order valence-electron chi connectivity index (χ4n) is 5.30. The van der Waals surface area contributed by atoms with E-state index in [1.54, 1.807) is 24.3 Å². The summed E-state index contributed by atoms with van der Waals surface area (Å²) in [4.78, 5) is -2.73. The zero-order valence-electron chi connectivity index (χ0n) is 17.0. The smallest absolute Gasteiger partial charge is 0.358 e. The van der Waals surface area contributed by atoms with Gasteiger partial charge in [0.05, 0.1) is 0 Å². The maximum Gasteiger partial charge on any atom is 0.380 e. The van der Waals surface area contributed by atoms with E-state index < -0.39 is 49.9 Å². The molecule has 33 heavy (non-hydrogen) atoms. The van der Waals surface area contributed by atoms with Gasteiger partial charge in [0.15, 0.2) is 9.87 Å². The molecule has 2 nitrogen and oxygen atoms in total. The van der Waals surface area contributed by atoms with E-state index in [0.717, 1.165) is 23.5 Å². The van der Waals surface area contributed by atoms with Crippen LogP contribution in [0.15, 0.2) is 69.5 Å². The Morgan fingerprint density at radius 1 is 0.576 bits per heavy atom. The highest BCUT2D eigenvalue weighted by molar-refractivity contribution is 8.06. The number of ether oxygens (including phenoxy) is 2. The summed E-state index contributed by atoms with van der Waals surface area (Å²) >= 11 is 2.01. The Labute approximate surface area is 193 Å². The van der Waals surface area contributed by atoms with Gasteiger partial charge in [-0.25, -0.2) is 0 Å². The molecule has 0 radical (unpaired) electrons. The van der Waals surface area contributed by atoms with Crippen molar-refractivity contribution in [2.75, 3.05) is 14.2 Å². The summed E-state index contributed by atoms with van der Waals surface area (Å²) in [7, 11) is 2.49. The zero-order valence-corrected chi connectivity index (χ0v) is 18.7. The number of hydrogen-bond donors (Lipinski definition) is 0. The van der Waals surface area contributed by atoms with Crippen LogP contribution in [0.2, 0.25) is 0 Å². The molecule has 0 bridgehead atoms. The molecule has 0 saturated heterocycles. The quantitative estimate of drug-likeness (QED) is 0.426. The van der Waals surface area contributed by atoms with Crippen molar-refractivity contribution in [1.29, 1.82) is 0 Å². The third-order valence-electron chi connectivity index (χ3n) is 6.65. The first-order chi connectivity index (χ1) is 15.5. The molecule has 2 aliphatic heterocycles. The molecule has 2 atom stereocenters. The summed E-state index contributed by atoms with van der Waals surface area (Å²) in [5.74, 6) is -15.9. The van der Waals surface area contributed by atoms with Gasteiger partial charge in [-0.05, 0) is 23.3 Å². The highest BCUT2D eigenvalue weighted by Gasteiger charge is 2.86. The molecule has 2 aromatic carbocycles. The van der Waals surface area contributed by atoms with Crippen molar-refractivity contribution in [3.63, 3.8) is 0 Å². The lowest BCUT2D eigenvalue weighted by atomic mass is 9.76. The first-order valence-electron chi connectivity index (χ1n) is 9.83. The summed E-state index contributed by atoms with van der Waals surface area (Å²) in [6, 6.07) is 12.5. The average molecular weight is 500 g/mol. The molecule has 2 unspecified atom stereocenters. The number of rotatable bonds is 2. The summed E-state index contributed by atoms with van der Waals surface area (Å²) in [6.45, 7) is 0. The van der Waals surface area contributed by atoms with Gasteiger partial charge in [0.1, 0.15) is 0 Å². The second kappa shape index (κ2) is 6.21. The second-order valence-electron chi connectivity index (χ2n) is 8.06. The Morgan fingerprint density at radius 3 is 1.30 bits per heavy atom. The minimum atomic E-state index is -5.64. The van der Waals surface area contributed by atoms with Crippen LogP contribution in [0.3, 0.4) is 0 Å². The van der Waals surface area contributed by atoms with Crippen LogP contribution in [0.25, 0.3) is 11.1 Å². The SMILES string of the molecule is COC12Sc3ccccc3C1=C1C(=C3c4ccccc4SC32OC)C(F)(F)C(F)(F)C1(F)F. The van der Waals surface area contributed by atoms with Crippen LogP contribution < -0.4 is 0 Å². The van der Waals surface area contributed by atoms with E-state index in [4.69, 9.17) is 9.47 Å².